The number of anilines is 1. The van der Waals surface area contributed by atoms with E-state index in [1.807, 2.05) is 0 Å². The van der Waals surface area contributed by atoms with E-state index in [1.54, 1.807) is 13.8 Å². The summed E-state index contributed by atoms with van der Waals surface area (Å²) in [5, 5.41) is 7.19. The highest BCUT2D eigenvalue weighted by molar-refractivity contribution is 7.80. The quantitative estimate of drug-likeness (QED) is 0.412. The zero-order chi connectivity index (χ0) is 17.1. The topological polar surface area (TPSA) is 27.6 Å². The van der Waals surface area contributed by atoms with Gasteiger partial charge < -0.3 is 5.32 Å². The number of nitrogens with one attached hydrogen (secondary N) is 1. The molecule has 0 saturated heterocycles. The summed E-state index contributed by atoms with van der Waals surface area (Å²) in [6.07, 6.45) is -4.47. The molecule has 0 saturated carbocycles. The predicted molar refractivity (Wildman–Crippen MR) is 89.2 cm³/mol. The molecule has 3 nitrogen and oxygen atoms in total. The molecule has 0 bridgehead atoms. The van der Waals surface area contributed by atoms with Gasteiger partial charge >= 0.3 is 6.18 Å². The van der Waals surface area contributed by atoms with E-state index >= 15 is 0 Å². The molecule has 0 heterocycles. The summed E-state index contributed by atoms with van der Waals surface area (Å²) in [6.45, 7) is 1.76. The zero-order valence-corrected chi connectivity index (χ0v) is 14.5. The van der Waals surface area contributed by atoms with Gasteiger partial charge in [-0.3, -0.25) is 0 Å². The number of alkyl halides is 3. The van der Waals surface area contributed by atoms with Crippen LogP contribution in [0.5, 0.6) is 0 Å². The Bertz CT molecular complexity index is 578. The van der Waals surface area contributed by atoms with E-state index in [2.05, 4.69) is 10.4 Å². The smallest absolute Gasteiger partial charge is 0.329 e. The lowest BCUT2D eigenvalue weighted by Gasteiger charge is -2.23. The molecule has 10 heteroatoms. The second-order valence-corrected chi connectivity index (χ2v) is 6.03. The van der Waals surface area contributed by atoms with Gasteiger partial charge in [0.25, 0.3) is 0 Å². The molecule has 22 heavy (non-hydrogen) atoms. The lowest BCUT2D eigenvalue weighted by atomic mass is 10.3. The van der Waals surface area contributed by atoms with Crippen LogP contribution in [0.15, 0.2) is 17.2 Å². The van der Waals surface area contributed by atoms with Gasteiger partial charge in [0, 0.05) is 10.7 Å². The van der Waals surface area contributed by atoms with Crippen molar-refractivity contribution in [3.8, 4) is 0 Å². The lowest BCUT2D eigenvalue weighted by molar-refractivity contribution is -0.137. The van der Waals surface area contributed by atoms with Crippen LogP contribution in [-0.2, 0) is 0 Å². The third-order valence-electron chi connectivity index (χ3n) is 2.12. The van der Waals surface area contributed by atoms with Crippen LogP contribution in [0.2, 0.25) is 15.1 Å². The Morgan fingerprint density at radius 1 is 1.23 bits per heavy atom. The fourth-order valence-electron chi connectivity index (χ4n) is 1.40. The summed E-state index contributed by atoms with van der Waals surface area (Å²) in [5.41, 5.74) is 0.565. The first-order chi connectivity index (χ1) is 9.99. The predicted octanol–water partition coefficient (Wildman–Crippen LogP) is 5.60. The summed E-state index contributed by atoms with van der Waals surface area (Å²) in [7, 11) is 0. The van der Waals surface area contributed by atoms with E-state index in [0.717, 1.165) is 0 Å². The van der Waals surface area contributed by atoms with Crippen LogP contribution < -0.4 is 5.32 Å². The van der Waals surface area contributed by atoms with Gasteiger partial charge in [-0.1, -0.05) is 34.8 Å². The molecule has 1 rings (SSSR count). The second-order valence-electron chi connectivity index (χ2n) is 4.39. The summed E-state index contributed by atoms with van der Waals surface area (Å²) in [4.78, 5) is 0. The monoisotopic (exact) mass is 391 g/mol. The molecule has 0 fully saturated rings. The third kappa shape index (κ3) is 6.16. The van der Waals surface area contributed by atoms with Gasteiger partial charge in [0.1, 0.15) is 6.54 Å². The highest BCUT2D eigenvalue weighted by atomic mass is 35.5. The largest absolute Gasteiger partial charge is 0.408 e. The highest BCUT2D eigenvalue weighted by Gasteiger charge is 2.32. The van der Waals surface area contributed by atoms with Crippen LogP contribution in [0.3, 0.4) is 0 Å². The molecule has 0 aliphatic carbocycles. The highest BCUT2D eigenvalue weighted by Crippen LogP contribution is 2.34. The first-order valence-corrected chi connectivity index (χ1v) is 7.35. The average molecular weight is 393 g/mol. The molecule has 0 aromatic heterocycles. The van der Waals surface area contributed by atoms with Crippen molar-refractivity contribution in [3.05, 3.63) is 27.2 Å². The number of benzene rings is 1. The molecule has 1 N–H and O–H groups in total. The molecule has 0 unspecified atom stereocenters. The van der Waals surface area contributed by atoms with E-state index < -0.39 is 12.7 Å². The lowest BCUT2D eigenvalue weighted by Crippen LogP contribution is -2.38. The molecule has 122 valence electrons. The zero-order valence-electron chi connectivity index (χ0n) is 11.4. The summed E-state index contributed by atoms with van der Waals surface area (Å²) in [5.74, 6) is 0. The van der Waals surface area contributed by atoms with Crippen LogP contribution in [0.1, 0.15) is 13.8 Å². The van der Waals surface area contributed by atoms with Crippen LogP contribution in [0.4, 0.5) is 18.9 Å². The van der Waals surface area contributed by atoms with Crippen molar-refractivity contribution in [3.63, 3.8) is 0 Å². The Kier molecular flexibility index (Phi) is 6.73. The molecule has 0 radical (unpaired) electrons. The number of thiocarbonyl (C=S) groups is 1. The Hall–Kier alpha value is -0.760. The molecule has 0 spiro atoms. The van der Waals surface area contributed by atoms with Gasteiger partial charge in [-0.25, -0.2) is 5.01 Å². The maximum atomic E-state index is 12.6. The van der Waals surface area contributed by atoms with E-state index in [9.17, 15) is 13.2 Å². The van der Waals surface area contributed by atoms with Gasteiger partial charge in [-0.05, 0) is 38.2 Å². The number of rotatable bonds is 3. The number of hydrogen-bond acceptors (Lipinski definition) is 2. The Morgan fingerprint density at radius 2 is 1.73 bits per heavy atom. The van der Waals surface area contributed by atoms with Gasteiger partial charge in [-0.2, -0.15) is 18.3 Å². The van der Waals surface area contributed by atoms with Crippen molar-refractivity contribution in [1.29, 1.82) is 0 Å². The maximum absolute atomic E-state index is 12.6. The van der Waals surface area contributed by atoms with Crippen molar-refractivity contribution < 1.29 is 13.2 Å². The molecule has 0 aliphatic heterocycles. The Balaban J connectivity index is 3.04. The normalized spacial score (nSPS) is 11.1. The Morgan fingerprint density at radius 3 is 2.14 bits per heavy atom. The van der Waals surface area contributed by atoms with E-state index in [-0.39, 0.29) is 20.8 Å². The van der Waals surface area contributed by atoms with Crippen molar-refractivity contribution in [1.82, 2.24) is 5.01 Å². The van der Waals surface area contributed by atoms with Gasteiger partial charge in [0.05, 0.1) is 15.7 Å². The van der Waals surface area contributed by atoms with Gasteiger partial charge in [0.15, 0.2) is 5.11 Å². The third-order valence-corrected chi connectivity index (χ3v) is 3.25. The minimum absolute atomic E-state index is 0.129. The first-order valence-electron chi connectivity index (χ1n) is 5.81. The standard InChI is InChI=1S/C12H11Cl3F3N3S/c1-6(2)20-21(5-12(16,17)18)11(22)19-10-8(14)3-7(13)4-9(10)15/h3-4H,5H2,1-2H3,(H,19,22). The van der Waals surface area contributed by atoms with Crippen LogP contribution in [0, 0.1) is 0 Å². The minimum atomic E-state index is -4.47. The summed E-state index contributed by atoms with van der Waals surface area (Å²) in [6, 6.07) is 2.78. The van der Waals surface area contributed by atoms with E-state index in [4.69, 9.17) is 47.0 Å². The maximum Gasteiger partial charge on any atom is 0.408 e. The minimum Gasteiger partial charge on any atom is -0.329 e. The molecule has 0 amide bonds. The van der Waals surface area contributed by atoms with E-state index in [0.29, 0.717) is 15.7 Å². The van der Waals surface area contributed by atoms with Crippen molar-refractivity contribution >= 4 is 63.5 Å². The number of hydrazone groups is 1. The fraction of sp³-hybridized carbons (Fsp3) is 0.333. The van der Waals surface area contributed by atoms with Crippen LogP contribution >= 0.6 is 47.0 Å². The molecule has 0 atom stereocenters. The van der Waals surface area contributed by atoms with Crippen molar-refractivity contribution in [2.45, 2.75) is 20.0 Å². The van der Waals surface area contributed by atoms with Crippen LogP contribution in [-0.4, -0.2) is 28.6 Å². The van der Waals surface area contributed by atoms with Crippen molar-refractivity contribution in [2.24, 2.45) is 5.10 Å². The van der Waals surface area contributed by atoms with Gasteiger partial charge in [-0.15, -0.1) is 0 Å². The second kappa shape index (κ2) is 7.68. The summed E-state index contributed by atoms with van der Waals surface area (Å²) >= 11 is 22.6. The SMILES string of the molecule is CC(C)=NN(CC(F)(F)F)C(=S)Nc1c(Cl)cc(Cl)cc1Cl. The Labute approximate surface area is 146 Å². The van der Waals surface area contributed by atoms with Crippen LogP contribution in [0.25, 0.3) is 0 Å². The number of hydrogen-bond donors (Lipinski definition) is 1. The van der Waals surface area contributed by atoms with E-state index in [1.165, 1.54) is 12.1 Å². The molecule has 1 aromatic carbocycles. The number of nitrogens with zero attached hydrogens (tertiary/aromatic N) is 2. The fourth-order valence-corrected chi connectivity index (χ4v) is 2.52. The van der Waals surface area contributed by atoms with Gasteiger partial charge in [0.2, 0.25) is 0 Å². The van der Waals surface area contributed by atoms with Crippen molar-refractivity contribution in [2.75, 3.05) is 11.9 Å². The molecule has 0 aliphatic rings. The number of halogens is 6. The summed E-state index contributed by atoms with van der Waals surface area (Å²) < 4.78 is 37.8. The average Bonchev–Trinajstić information content (AvgIpc) is 2.30. The molecule has 1 aromatic rings. The molecular weight excluding hydrogens is 382 g/mol. The first kappa shape index (κ1) is 19.3. The molecular formula is C12H11Cl3F3N3S.